The van der Waals surface area contributed by atoms with Gasteiger partial charge >= 0.3 is 6.36 Å². The highest BCUT2D eigenvalue weighted by molar-refractivity contribution is 5.85. The fraction of sp³-hybridized carbons (Fsp3) is 0.500. The minimum Gasteiger partial charge on any atom is -0.496 e. The minimum absolute atomic E-state index is 0. The summed E-state index contributed by atoms with van der Waals surface area (Å²) < 4.78 is 45.2. The summed E-state index contributed by atoms with van der Waals surface area (Å²) in [5.74, 6) is -0.0644. The molecule has 8 heteroatoms. The Labute approximate surface area is 121 Å². The van der Waals surface area contributed by atoms with Crippen LogP contribution in [-0.2, 0) is 0 Å². The van der Waals surface area contributed by atoms with Crippen molar-refractivity contribution in [1.29, 1.82) is 0 Å². The van der Waals surface area contributed by atoms with Crippen molar-refractivity contribution in [3.8, 4) is 11.5 Å². The van der Waals surface area contributed by atoms with Crippen LogP contribution in [-0.4, -0.2) is 20.0 Å². The Morgan fingerprint density at radius 2 is 1.95 bits per heavy atom. The fourth-order valence-corrected chi connectivity index (χ4v) is 1.69. The van der Waals surface area contributed by atoms with Gasteiger partial charge in [-0.1, -0.05) is 6.07 Å². The number of methoxy groups -OCH3 is 1. The van der Waals surface area contributed by atoms with E-state index in [0.717, 1.165) is 6.42 Å². The quantitative estimate of drug-likeness (QED) is 0.847. The molecule has 4 N–H and O–H groups in total. The number of ether oxygens (including phenoxy) is 2. The molecule has 0 spiro atoms. The first kappa shape index (κ1) is 18.8. The molecular weight excluding hydrogens is 297 g/mol. The molecule has 0 heterocycles. The fourth-order valence-electron chi connectivity index (χ4n) is 1.69. The van der Waals surface area contributed by atoms with Gasteiger partial charge in [-0.2, -0.15) is 0 Å². The Bertz CT molecular complexity index is 416. The van der Waals surface area contributed by atoms with Crippen molar-refractivity contribution in [1.82, 2.24) is 0 Å². The Morgan fingerprint density at radius 3 is 2.45 bits per heavy atom. The van der Waals surface area contributed by atoms with Crippen LogP contribution in [0.15, 0.2) is 18.2 Å². The van der Waals surface area contributed by atoms with E-state index in [1.807, 2.05) is 0 Å². The lowest BCUT2D eigenvalue weighted by atomic mass is 10.0. The van der Waals surface area contributed by atoms with E-state index in [2.05, 4.69) is 4.74 Å². The van der Waals surface area contributed by atoms with E-state index in [1.165, 1.54) is 25.3 Å². The number of hydrogen-bond donors (Lipinski definition) is 2. The molecule has 0 aromatic heterocycles. The van der Waals surface area contributed by atoms with Crippen molar-refractivity contribution < 1.29 is 22.6 Å². The van der Waals surface area contributed by atoms with E-state index < -0.39 is 6.36 Å². The van der Waals surface area contributed by atoms with Crippen molar-refractivity contribution in [3.05, 3.63) is 23.8 Å². The van der Waals surface area contributed by atoms with Crippen LogP contribution >= 0.6 is 12.4 Å². The van der Waals surface area contributed by atoms with E-state index in [1.54, 1.807) is 0 Å². The molecule has 20 heavy (non-hydrogen) atoms. The second-order valence-corrected chi connectivity index (χ2v) is 3.99. The van der Waals surface area contributed by atoms with Crippen LogP contribution in [0.2, 0.25) is 0 Å². The first-order chi connectivity index (χ1) is 8.87. The summed E-state index contributed by atoms with van der Waals surface area (Å²) in [5.41, 5.74) is 12.0. The van der Waals surface area contributed by atoms with Crippen LogP contribution in [0.1, 0.15) is 24.4 Å². The first-order valence-electron chi connectivity index (χ1n) is 5.76. The summed E-state index contributed by atoms with van der Waals surface area (Å²) in [5, 5.41) is 0. The van der Waals surface area contributed by atoms with Crippen LogP contribution in [0.4, 0.5) is 13.2 Å². The van der Waals surface area contributed by atoms with E-state index in [-0.39, 0.29) is 29.9 Å². The van der Waals surface area contributed by atoms with Crippen LogP contribution in [0.25, 0.3) is 0 Å². The van der Waals surface area contributed by atoms with Crippen molar-refractivity contribution in [2.75, 3.05) is 13.7 Å². The summed E-state index contributed by atoms with van der Waals surface area (Å²) >= 11 is 0. The normalized spacial score (nSPS) is 12.5. The number of rotatable bonds is 6. The highest BCUT2D eigenvalue weighted by atomic mass is 35.5. The molecule has 0 bridgehead atoms. The van der Waals surface area contributed by atoms with Gasteiger partial charge in [0.1, 0.15) is 11.5 Å². The Morgan fingerprint density at radius 1 is 1.30 bits per heavy atom. The van der Waals surface area contributed by atoms with Crippen LogP contribution in [0.5, 0.6) is 11.5 Å². The van der Waals surface area contributed by atoms with Gasteiger partial charge in [0, 0.05) is 17.7 Å². The molecule has 1 aromatic rings. The van der Waals surface area contributed by atoms with Gasteiger partial charge in [0.05, 0.1) is 7.11 Å². The van der Waals surface area contributed by atoms with Gasteiger partial charge in [-0.3, -0.25) is 0 Å². The lowest BCUT2D eigenvalue weighted by Crippen LogP contribution is -2.18. The predicted octanol–water partition coefficient (Wildman–Crippen LogP) is 2.75. The Balaban J connectivity index is 0.00000361. The molecule has 1 atom stereocenters. The van der Waals surface area contributed by atoms with Gasteiger partial charge in [-0.25, -0.2) is 0 Å². The molecule has 116 valence electrons. The van der Waals surface area contributed by atoms with E-state index in [9.17, 15) is 13.2 Å². The highest BCUT2D eigenvalue weighted by Crippen LogP contribution is 2.32. The molecule has 0 amide bonds. The first-order valence-corrected chi connectivity index (χ1v) is 5.76. The summed E-state index contributed by atoms with van der Waals surface area (Å²) in [7, 11) is 1.37. The molecular formula is C12H18ClF3N2O2. The molecule has 4 nitrogen and oxygen atoms in total. The van der Waals surface area contributed by atoms with Crippen molar-refractivity contribution >= 4 is 12.4 Å². The average molecular weight is 315 g/mol. The number of hydrogen-bond acceptors (Lipinski definition) is 4. The van der Waals surface area contributed by atoms with E-state index >= 15 is 0 Å². The van der Waals surface area contributed by atoms with Gasteiger partial charge in [-0.05, 0) is 25.5 Å². The monoisotopic (exact) mass is 314 g/mol. The zero-order valence-electron chi connectivity index (χ0n) is 10.9. The number of benzene rings is 1. The molecule has 0 aliphatic carbocycles. The third kappa shape index (κ3) is 5.85. The molecule has 0 saturated heterocycles. The highest BCUT2D eigenvalue weighted by Gasteiger charge is 2.31. The van der Waals surface area contributed by atoms with E-state index in [0.29, 0.717) is 18.5 Å². The van der Waals surface area contributed by atoms with Crippen molar-refractivity contribution in [3.63, 3.8) is 0 Å². The molecule has 0 fully saturated rings. The maximum Gasteiger partial charge on any atom is 0.573 e. The lowest BCUT2D eigenvalue weighted by molar-refractivity contribution is -0.274. The molecule has 0 unspecified atom stereocenters. The molecule has 1 aromatic carbocycles. The standard InChI is InChI=1S/C12H17F3N2O2.ClH/c1-18-11-7-8(19-12(13,14)15)4-5-9(11)10(17)3-2-6-16;/h4-5,7,10H,2-3,6,16-17H2,1H3;1H/t10-;/m1./s1. The van der Waals surface area contributed by atoms with Crippen LogP contribution in [0, 0.1) is 0 Å². The van der Waals surface area contributed by atoms with E-state index in [4.69, 9.17) is 16.2 Å². The van der Waals surface area contributed by atoms with Gasteiger partial charge in [0.25, 0.3) is 0 Å². The zero-order chi connectivity index (χ0) is 14.5. The van der Waals surface area contributed by atoms with Crippen LogP contribution in [0.3, 0.4) is 0 Å². The number of halogens is 4. The second-order valence-electron chi connectivity index (χ2n) is 3.99. The van der Waals surface area contributed by atoms with Crippen molar-refractivity contribution in [2.24, 2.45) is 11.5 Å². The molecule has 0 radical (unpaired) electrons. The van der Waals surface area contributed by atoms with Gasteiger partial charge in [0.15, 0.2) is 0 Å². The summed E-state index contributed by atoms with van der Waals surface area (Å²) in [6, 6.07) is 3.53. The van der Waals surface area contributed by atoms with Gasteiger partial charge < -0.3 is 20.9 Å². The minimum atomic E-state index is -4.73. The smallest absolute Gasteiger partial charge is 0.496 e. The van der Waals surface area contributed by atoms with Gasteiger partial charge in [0.2, 0.25) is 0 Å². The van der Waals surface area contributed by atoms with Crippen molar-refractivity contribution in [2.45, 2.75) is 25.2 Å². The summed E-state index contributed by atoms with van der Waals surface area (Å²) in [4.78, 5) is 0. The third-order valence-corrected chi connectivity index (χ3v) is 2.56. The topological polar surface area (TPSA) is 70.5 Å². The van der Waals surface area contributed by atoms with Gasteiger partial charge in [-0.15, -0.1) is 25.6 Å². The number of nitrogens with two attached hydrogens (primary N) is 2. The second kappa shape index (κ2) is 8.18. The third-order valence-electron chi connectivity index (χ3n) is 2.56. The number of alkyl halides is 3. The maximum atomic E-state index is 12.1. The predicted molar refractivity (Wildman–Crippen MR) is 72.1 cm³/mol. The summed E-state index contributed by atoms with van der Waals surface area (Å²) in [6.07, 6.45) is -3.37. The average Bonchev–Trinajstić information content (AvgIpc) is 2.33. The molecule has 0 aliphatic heterocycles. The lowest BCUT2D eigenvalue weighted by Gasteiger charge is -2.17. The summed E-state index contributed by atoms with van der Waals surface area (Å²) in [6.45, 7) is 0.505. The Hall–Kier alpha value is -1.18. The molecule has 1 rings (SSSR count). The molecule has 0 aliphatic rings. The Kier molecular flexibility index (Phi) is 7.70. The molecule has 0 saturated carbocycles. The zero-order valence-corrected chi connectivity index (χ0v) is 11.8. The SMILES string of the molecule is COc1cc(OC(F)(F)F)ccc1[C@H](N)CCCN.Cl. The maximum absolute atomic E-state index is 12.1. The van der Waals surface area contributed by atoms with Crippen LogP contribution < -0.4 is 20.9 Å². The largest absolute Gasteiger partial charge is 0.573 e.